The SMILES string of the molecule is CCc1nn(C)c(NCC(CC)C(=O)O)c1[N+](=O)[O-]. The zero-order valence-corrected chi connectivity index (χ0v) is 11.2. The fourth-order valence-corrected chi connectivity index (χ4v) is 1.82. The Morgan fingerprint density at radius 3 is 2.63 bits per heavy atom. The Morgan fingerprint density at radius 1 is 1.58 bits per heavy atom. The number of nitrogens with one attached hydrogen (secondary N) is 1. The number of carboxylic acids is 1. The van der Waals surface area contributed by atoms with Gasteiger partial charge in [-0.3, -0.25) is 14.9 Å². The lowest BCUT2D eigenvalue weighted by molar-refractivity contribution is -0.384. The maximum Gasteiger partial charge on any atom is 0.333 e. The summed E-state index contributed by atoms with van der Waals surface area (Å²) in [5, 5.41) is 26.9. The first-order valence-electron chi connectivity index (χ1n) is 6.09. The topological polar surface area (TPSA) is 110 Å². The van der Waals surface area contributed by atoms with Crippen molar-refractivity contribution in [3.63, 3.8) is 0 Å². The van der Waals surface area contributed by atoms with Crippen molar-refractivity contribution in [3.05, 3.63) is 15.8 Å². The molecule has 106 valence electrons. The van der Waals surface area contributed by atoms with Crippen LogP contribution in [0.5, 0.6) is 0 Å². The summed E-state index contributed by atoms with van der Waals surface area (Å²) in [6.07, 6.45) is 0.899. The van der Waals surface area contributed by atoms with Gasteiger partial charge in [-0.1, -0.05) is 13.8 Å². The Bertz CT molecular complexity index is 483. The Morgan fingerprint density at radius 2 is 2.21 bits per heavy atom. The minimum atomic E-state index is -0.921. The van der Waals surface area contributed by atoms with Crippen molar-refractivity contribution < 1.29 is 14.8 Å². The Balaban J connectivity index is 2.97. The highest BCUT2D eigenvalue weighted by molar-refractivity contribution is 5.71. The molecule has 0 amide bonds. The Kier molecular flexibility index (Phi) is 4.85. The van der Waals surface area contributed by atoms with Gasteiger partial charge < -0.3 is 10.4 Å². The van der Waals surface area contributed by atoms with E-state index in [9.17, 15) is 14.9 Å². The van der Waals surface area contributed by atoms with Crippen molar-refractivity contribution in [3.8, 4) is 0 Å². The largest absolute Gasteiger partial charge is 0.481 e. The van der Waals surface area contributed by atoms with Gasteiger partial charge in [0.15, 0.2) is 0 Å². The smallest absolute Gasteiger partial charge is 0.333 e. The van der Waals surface area contributed by atoms with Crippen molar-refractivity contribution in [1.82, 2.24) is 9.78 Å². The lowest BCUT2D eigenvalue weighted by Crippen LogP contribution is -2.23. The molecule has 19 heavy (non-hydrogen) atoms. The maximum absolute atomic E-state index is 11.1. The van der Waals surface area contributed by atoms with E-state index >= 15 is 0 Å². The van der Waals surface area contributed by atoms with Crippen LogP contribution in [0.1, 0.15) is 26.0 Å². The summed E-state index contributed by atoms with van der Waals surface area (Å²) in [5.41, 5.74) is 0.309. The molecule has 0 saturated carbocycles. The zero-order chi connectivity index (χ0) is 14.6. The first-order valence-corrected chi connectivity index (χ1v) is 6.09. The molecule has 0 aliphatic carbocycles. The third kappa shape index (κ3) is 3.21. The van der Waals surface area contributed by atoms with Crippen LogP contribution in [0, 0.1) is 16.0 Å². The molecule has 1 aromatic rings. The van der Waals surface area contributed by atoms with E-state index < -0.39 is 16.8 Å². The van der Waals surface area contributed by atoms with E-state index in [0.717, 1.165) is 0 Å². The van der Waals surface area contributed by atoms with Gasteiger partial charge in [0.25, 0.3) is 0 Å². The molecule has 8 heteroatoms. The van der Waals surface area contributed by atoms with Gasteiger partial charge in [-0.15, -0.1) is 0 Å². The third-order valence-electron chi connectivity index (χ3n) is 2.97. The van der Waals surface area contributed by atoms with Crippen LogP contribution in [0.25, 0.3) is 0 Å². The van der Waals surface area contributed by atoms with Crippen LogP contribution in [-0.2, 0) is 18.3 Å². The molecule has 0 aromatic carbocycles. The second-order valence-corrected chi connectivity index (χ2v) is 4.20. The average Bonchev–Trinajstić information content (AvgIpc) is 2.66. The van der Waals surface area contributed by atoms with E-state index in [0.29, 0.717) is 18.5 Å². The molecule has 0 bridgehead atoms. The van der Waals surface area contributed by atoms with Gasteiger partial charge in [-0.2, -0.15) is 5.10 Å². The molecule has 1 unspecified atom stereocenters. The quantitative estimate of drug-likeness (QED) is 0.572. The van der Waals surface area contributed by atoms with E-state index in [1.807, 2.05) is 0 Å². The minimum Gasteiger partial charge on any atom is -0.481 e. The molecule has 1 rings (SSSR count). The number of hydrogen-bond donors (Lipinski definition) is 2. The predicted octanol–water partition coefficient (Wildman–Crippen LogP) is 1.41. The molecule has 0 fully saturated rings. The zero-order valence-electron chi connectivity index (χ0n) is 11.2. The van der Waals surface area contributed by atoms with Gasteiger partial charge in [-0.05, 0) is 12.8 Å². The third-order valence-corrected chi connectivity index (χ3v) is 2.97. The second-order valence-electron chi connectivity index (χ2n) is 4.20. The van der Waals surface area contributed by atoms with Crippen LogP contribution in [0.3, 0.4) is 0 Å². The number of hydrogen-bond acceptors (Lipinski definition) is 5. The molecule has 1 heterocycles. The number of nitrogens with zero attached hydrogens (tertiary/aromatic N) is 3. The highest BCUT2D eigenvalue weighted by Gasteiger charge is 2.26. The summed E-state index contributed by atoms with van der Waals surface area (Å²) in [7, 11) is 1.59. The fraction of sp³-hybridized carbons (Fsp3) is 0.636. The molecule has 0 spiro atoms. The Hall–Kier alpha value is -2.12. The summed E-state index contributed by atoms with van der Waals surface area (Å²) < 4.78 is 1.38. The van der Waals surface area contributed by atoms with Crippen LogP contribution >= 0.6 is 0 Å². The number of anilines is 1. The first kappa shape index (κ1) is 14.9. The van der Waals surface area contributed by atoms with Crippen LogP contribution in [0.15, 0.2) is 0 Å². The standard InChI is InChI=1S/C11H18N4O4/c1-4-7(11(16)17)6-12-10-9(15(18)19)8(5-2)13-14(10)3/h7,12H,4-6H2,1-3H3,(H,16,17). The maximum atomic E-state index is 11.1. The van der Waals surface area contributed by atoms with Crippen LogP contribution < -0.4 is 5.32 Å². The van der Waals surface area contributed by atoms with E-state index in [4.69, 9.17) is 5.11 Å². The van der Waals surface area contributed by atoms with Crippen LogP contribution in [0.2, 0.25) is 0 Å². The molecule has 1 aromatic heterocycles. The lowest BCUT2D eigenvalue weighted by atomic mass is 10.1. The molecule has 8 nitrogen and oxygen atoms in total. The van der Waals surface area contributed by atoms with Crippen molar-refractivity contribution in [1.29, 1.82) is 0 Å². The van der Waals surface area contributed by atoms with Gasteiger partial charge in [0.1, 0.15) is 5.69 Å². The van der Waals surface area contributed by atoms with Crippen molar-refractivity contribution in [2.45, 2.75) is 26.7 Å². The van der Waals surface area contributed by atoms with Gasteiger partial charge in [0, 0.05) is 13.6 Å². The molecule has 0 aliphatic heterocycles. The van der Waals surface area contributed by atoms with Gasteiger partial charge in [0.2, 0.25) is 5.82 Å². The predicted molar refractivity (Wildman–Crippen MR) is 69.1 cm³/mol. The number of carboxylic acid groups (broad SMARTS) is 1. The van der Waals surface area contributed by atoms with E-state index in [1.165, 1.54) is 4.68 Å². The monoisotopic (exact) mass is 270 g/mol. The highest BCUT2D eigenvalue weighted by atomic mass is 16.6. The molecule has 0 aliphatic rings. The Labute approximate surface area is 110 Å². The average molecular weight is 270 g/mol. The number of nitro groups is 1. The molecule has 0 saturated heterocycles. The molecule has 1 atom stereocenters. The van der Waals surface area contributed by atoms with Gasteiger partial charge in [0.05, 0.1) is 10.8 Å². The summed E-state index contributed by atoms with van der Waals surface area (Å²) in [4.78, 5) is 21.5. The summed E-state index contributed by atoms with van der Waals surface area (Å²) in [6.45, 7) is 3.68. The first-order chi connectivity index (χ1) is 8.92. The van der Waals surface area contributed by atoms with Gasteiger partial charge in [-0.25, -0.2) is 4.68 Å². The number of aromatic nitrogens is 2. The fourth-order valence-electron chi connectivity index (χ4n) is 1.82. The van der Waals surface area contributed by atoms with Crippen LogP contribution in [0.4, 0.5) is 11.5 Å². The summed E-state index contributed by atoms with van der Waals surface area (Å²) >= 11 is 0. The number of aryl methyl sites for hydroxylation is 2. The van der Waals surface area contributed by atoms with E-state index in [1.54, 1.807) is 20.9 Å². The molecule has 2 N–H and O–H groups in total. The van der Waals surface area contributed by atoms with Gasteiger partial charge >= 0.3 is 11.7 Å². The normalized spacial score (nSPS) is 12.2. The van der Waals surface area contributed by atoms with Crippen molar-refractivity contribution >= 4 is 17.5 Å². The van der Waals surface area contributed by atoms with E-state index in [2.05, 4.69) is 10.4 Å². The van der Waals surface area contributed by atoms with Crippen molar-refractivity contribution in [2.75, 3.05) is 11.9 Å². The highest BCUT2D eigenvalue weighted by Crippen LogP contribution is 2.28. The number of rotatable bonds is 7. The summed E-state index contributed by atoms with van der Waals surface area (Å²) in [5.74, 6) is -1.25. The van der Waals surface area contributed by atoms with Crippen LogP contribution in [-0.4, -0.2) is 32.3 Å². The number of aliphatic carboxylic acids is 1. The molecular formula is C11H18N4O4. The van der Waals surface area contributed by atoms with Crippen molar-refractivity contribution in [2.24, 2.45) is 13.0 Å². The second kappa shape index (κ2) is 6.17. The van der Waals surface area contributed by atoms with E-state index in [-0.39, 0.29) is 18.1 Å². The molecule has 0 radical (unpaired) electrons. The summed E-state index contributed by atoms with van der Waals surface area (Å²) in [6, 6.07) is 0. The lowest BCUT2D eigenvalue weighted by Gasteiger charge is -2.11. The minimum absolute atomic E-state index is 0.0785. The molecular weight excluding hydrogens is 252 g/mol. The number of carbonyl (C=O) groups is 1.